The van der Waals surface area contributed by atoms with E-state index in [2.05, 4.69) is 9.97 Å². The predicted molar refractivity (Wildman–Crippen MR) is 118 cm³/mol. The molecule has 0 saturated heterocycles. The fourth-order valence-corrected chi connectivity index (χ4v) is 6.05. The van der Waals surface area contributed by atoms with Gasteiger partial charge in [-0.2, -0.15) is 0 Å². The minimum atomic E-state index is -1.08. The van der Waals surface area contributed by atoms with Crippen LogP contribution in [0, 0.1) is 30.0 Å². The van der Waals surface area contributed by atoms with Crippen LogP contribution in [0.2, 0.25) is 5.02 Å². The molecule has 3 aliphatic carbocycles. The molecule has 5 atom stereocenters. The minimum Gasteiger partial charge on any atom is -0.486 e. The third-order valence-corrected chi connectivity index (χ3v) is 8.31. The summed E-state index contributed by atoms with van der Waals surface area (Å²) in [6, 6.07) is 3.78. The summed E-state index contributed by atoms with van der Waals surface area (Å²) in [7, 11) is 0. The number of hydrogen-bond donors (Lipinski definition) is 1. The highest BCUT2D eigenvalue weighted by atomic mass is 35.5. The largest absolute Gasteiger partial charge is 0.486 e. The molecule has 1 aromatic heterocycles. The topological polar surface area (TPSA) is 81.3 Å². The summed E-state index contributed by atoms with van der Waals surface area (Å²) in [5, 5.41) is 0.445. The number of rotatable bonds is 4. The number of alkyl halides is 1. The summed E-state index contributed by atoms with van der Waals surface area (Å²) >= 11 is 6.02. The van der Waals surface area contributed by atoms with Crippen molar-refractivity contribution in [3.63, 3.8) is 0 Å². The number of aromatic nitrogens is 2. The molecule has 2 aromatic rings. The maximum atomic E-state index is 15.0. The van der Waals surface area contributed by atoms with Gasteiger partial charge in [0.1, 0.15) is 23.8 Å². The van der Waals surface area contributed by atoms with E-state index in [9.17, 15) is 13.6 Å². The van der Waals surface area contributed by atoms with Gasteiger partial charge in [0.05, 0.1) is 29.4 Å². The molecule has 0 bridgehead atoms. The average molecular weight is 473 g/mol. The molecule has 1 spiro atoms. The van der Waals surface area contributed by atoms with Crippen molar-refractivity contribution in [2.24, 2.45) is 23.0 Å². The lowest BCUT2D eigenvalue weighted by atomic mass is 9.70. The summed E-state index contributed by atoms with van der Waals surface area (Å²) in [6.45, 7) is 2.14. The van der Waals surface area contributed by atoms with Crippen molar-refractivity contribution in [2.75, 3.05) is 13.1 Å². The maximum Gasteiger partial charge on any atom is 0.258 e. The summed E-state index contributed by atoms with van der Waals surface area (Å²) in [4.78, 5) is 23.5. The maximum absolute atomic E-state index is 15.0. The van der Waals surface area contributed by atoms with E-state index < -0.39 is 18.1 Å². The smallest absolute Gasteiger partial charge is 0.258 e. The van der Waals surface area contributed by atoms with Crippen LogP contribution in [0.15, 0.2) is 30.1 Å². The first kappa shape index (κ1) is 20.8. The van der Waals surface area contributed by atoms with Crippen molar-refractivity contribution >= 4 is 23.1 Å². The zero-order valence-corrected chi connectivity index (χ0v) is 18.8. The van der Waals surface area contributed by atoms with Gasteiger partial charge in [-0.1, -0.05) is 11.6 Å². The van der Waals surface area contributed by atoms with Crippen molar-refractivity contribution in [1.29, 1.82) is 0 Å². The van der Waals surface area contributed by atoms with Crippen molar-refractivity contribution in [2.45, 2.75) is 38.5 Å². The molecule has 9 heteroatoms. The molecule has 0 radical (unpaired) electrons. The number of carbonyl (C=O) groups excluding carboxylic acids is 1. The van der Waals surface area contributed by atoms with E-state index in [0.29, 0.717) is 27.8 Å². The van der Waals surface area contributed by atoms with Gasteiger partial charge in [-0.3, -0.25) is 4.79 Å². The molecular formula is C24H23ClF2N4O2. The molecule has 1 aromatic carbocycles. The zero-order valence-electron chi connectivity index (χ0n) is 18.0. The second kappa shape index (κ2) is 7.13. The summed E-state index contributed by atoms with van der Waals surface area (Å²) in [5.41, 5.74) is 8.22. The lowest BCUT2D eigenvalue weighted by Crippen LogP contribution is -2.40. The Kier molecular flexibility index (Phi) is 4.50. The van der Waals surface area contributed by atoms with Gasteiger partial charge < -0.3 is 15.4 Å². The van der Waals surface area contributed by atoms with Crippen LogP contribution in [-0.2, 0) is 0 Å². The molecule has 4 aliphatic rings. The van der Waals surface area contributed by atoms with Crippen LogP contribution in [0.1, 0.15) is 41.1 Å². The summed E-state index contributed by atoms with van der Waals surface area (Å²) in [6.07, 6.45) is 2.66. The lowest BCUT2D eigenvalue weighted by molar-refractivity contribution is 0.0189. The van der Waals surface area contributed by atoms with Crippen LogP contribution in [-0.4, -0.2) is 46.1 Å². The number of halogens is 3. The first-order valence-electron chi connectivity index (χ1n) is 11.1. The van der Waals surface area contributed by atoms with Gasteiger partial charge in [0.15, 0.2) is 5.82 Å². The molecule has 3 unspecified atom stereocenters. The SMILES string of the molecule is Cc1nc(C2=C(N)CN(C(=O)c3ccc(F)cc3O[C@@H]3C(F)[C@H]4CC45CCC35)C2)ncc1Cl. The van der Waals surface area contributed by atoms with Gasteiger partial charge in [0.25, 0.3) is 5.91 Å². The van der Waals surface area contributed by atoms with Gasteiger partial charge in [-0.05, 0) is 43.7 Å². The van der Waals surface area contributed by atoms with Gasteiger partial charge in [-0.25, -0.2) is 18.7 Å². The average Bonchev–Trinajstić information content (AvgIpc) is 3.41. The standard InChI is InChI=1S/C24H23ClF2N4O2/c1-11-17(25)8-29-22(30-11)14-9-31(10-18(14)28)23(32)13-3-2-12(26)6-19(13)33-21-15-4-5-24(15)7-16(24)20(21)27/h2-3,6,8,15-16,20-21H,4-5,7,9-10,28H2,1H3/t15?,16-,20?,21+,24?/m1/s1. The number of amides is 1. The molecule has 172 valence electrons. The van der Waals surface area contributed by atoms with Gasteiger partial charge in [0, 0.05) is 35.4 Å². The van der Waals surface area contributed by atoms with Gasteiger partial charge >= 0.3 is 0 Å². The van der Waals surface area contributed by atoms with Crippen LogP contribution in [0.5, 0.6) is 5.75 Å². The first-order chi connectivity index (χ1) is 15.8. The Morgan fingerprint density at radius 1 is 1.33 bits per heavy atom. The first-order valence-corrected chi connectivity index (χ1v) is 11.5. The van der Waals surface area contributed by atoms with E-state index in [0.717, 1.165) is 19.3 Å². The number of aryl methyl sites for hydroxylation is 1. The number of nitrogens with zero attached hydrogens (tertiary/aromatic N) is 3. The van der Waals surface area contributed by atoms with E-state index in [1.54, 1.807) is 6.92 Å². The Labute approximate surface area is 194 Å². The van der Waals surface area contributed by atoms with E-state index >= 15 is 0 Å². The molecule has 3 fully saturated rings. The molecule has 2 heterocycles. The molecule has 6 nitrogen and oxygen atoms in total. The Bertz CT molecular complexity index is 1220. The number of benzene rings is 1. The normalized spacial score (nSPS) is 31.8. The van der Waals surface area contributed by atoms with E-state index in [1.807, 2.05) is 0 Å². The second-order valence-electron chi connectivity index (χ2n) is 9.65. The number of carbonyl (C=O) groups is 1. The summed E-state index contributed by atoms with van der Waals surface area (Å²) in [5.74, 6) is -0.210. The molecule has 1 aliphatic heterocycles. The van der Waals surface area contributed by atoms with Crippen LogP contribution < -0.4 is 10.5 Å². The Morgan fingerprint density at radius 3 is 2.85 bits per heavy atom. The van der Waals surface area contributed by atoms with E-state index in [4.69, 9.17) is 22.1 Å². The van der Waals surface area contributed by atoms with Crippen LogP contribution in [0.4, 0.5) is 8.78 Å². The molecule has 6 rings (SSSR count). The second-order valence-corrected chi connectivity index (χ2v) is 10.1. The van der Waals surface area contributed by atoms with E-state index in [-0.39, 0.29) is 47.6 Å². The molecule has 33 heavy (non-hydrogen) atoms. The van der Waals surface area contributed by atoms with Crippen LogP contribution in [0.3, 0.4) is 0 Å². The number of hydrogen-bond acceptors (Lipinski definition) is 5. The molecule has 3 saturated carbocycles. The fraction of sp³-hybridized carbons (Fsp3) is 0.458. The van der Waals surface area contributed by atoms with Gasteiger partial charge in [-0.15, -0.1) is 0 Å². The van der Waals surface area contributed by atoms with Crippen molar-refractivity contribution in [3.8, 4) is 5.75 Å². The Hall–Kier alpha value is -2.74. The lowest BCUT2D eigenvalue weighted by Gasteiger charge is -2.38. The van der Waals surface area contributed by atoms with Gasteiger partial charge in [0.2, 0.25) is 0 Å². The third-order valence-electron chi connectivity index (χ3n) is 7.94. The predicted octanol–water partition coefficient (Wildman–Crippen LogP) is 3.92. The third kappa shape index (κ3) is 3.06. The minimum absolute atomic E-state index is 0.0435. The number of nitrogens with two attached hydrogens (primary N) is 1. The highest BCUT2D eigenvalue weighted by molar-refractivity contribution is 6.31. The number of ether oxygens (including phenoxy) is 1. The van der Waals surface area contributed by atoms with Crippen molar-refractivity contribution < 1.29 is 18.3 Å². The highest BCUT2D eigenvalue weighted by Crippen LogP contribution is 2.76. The Balaban J connectivity index is 1.24. The zero-order chi connectivity index (χ0) is 23.1. The summed E-state index contributed by atoms with van der Waals surface area (Å²) < 4.78 is 35.1. The van der Waals surface area contributed by atoms with Crippen LogP contribution in [0.25, 0.3) is 5.57 Å². The highest BCUT2D eigenvalue weighted by Gasteiger charge is 2.76. The quantitative estimate of drug-likeness (QED) is 0.729. The van der Waals surface area contributed by atoms with E-state index in [1.165, 1.54) is 29.3 Å². The monoisotopic (exact) mass is 472 g/mol. The van der Waals surface area contributed by atoms with Crippen molar-refractivity contribution in [3.05, 3.63) is 58.0 Å². The molecular weight excluding hydrogens is 450 g/mol. The Morgan fingerprint density at radius 2 is 2.15 bits per heavy atom. The fourth-order valence-electron chi connectivity index (χ4n) is 5.96. The van der Waals surface area contributed by atoms with Crippen LogP contribution >= 0.6 is 11.6 Å². The molecule has 2 N–H and O–H groups in total. The molecule has 1 amide bonds. The van der Waals surface area contributed by atoms with Crippen molar-refractivity contribution in [1.82, 2.24) is 14.9 Å².